The summed E-state index contributed by atoms with van der Waals surface area (Å²) in [6.07, 6.45) is -2.70. The van der Waals surface area contributed by atoms with Crippen LogP contribution in [0.25, 0.3) is 11.2 Å². The molecule has 0 spiro atoms. The minimum Gasteiger partial charge on any atom is -0.376 e. The zero-order valence-electron chi connectivity index (χ0n) is 7.23. The Morgan fingerprint density at radius 1 is 1.27 bits per heavy atom. The molecule has 0 fully saturated rings. The van der Waals surface area contributed by atoms with Gasteiger partial charge in [0.2, 0.25) is 0 Å². The molecule has 0 atom stereocenters. The van der Waals surface area contributed by atoms with Crippen LogP contribution in [0, 0.1) is 0 Å². The van der Waals surface area contributed by atoms with Crippen molar-refractivity contribution in [1.82, 2.24) is 19.5 Å². The second-order valence-corrected chi connectivity index (χ2v) is 2.75. The number of rotatable bonds is 1. The van der Waals surface area contributed by atoms with Crippen LogP contribution in [0.2, 0.25) is 0 Å². The summed E-state index contributed by atoms with van der Waals surface area (Å²) in [7, 11) is 0. The maximum absolute atomic E-state index is 12.4. The number of hydrogen-bond donors (Lipinski definition) is 1. The van der Waals surface area contributed by atoms with E-state index in [0.717, 1.165) is 17.2 Å². The zero-order chi connectivity index (χ0) is 11.1. The van der Waals surface area contributed by atoms with E-state index in [9.17, 15) is 13.2 Å². The largest absolute Gasteiger partial charge is 0.435 e. The highest BCUT2D eigenvalue weighted by atomic mass is 19.4. The second kappa shape index (κ2) is 3.16. The minimum absolute atomic E-state index is 0.0418. The van der Waals surface area contributed by atoms with Gasteiger partial charge in [-0.15, -0.1) is 0 Å². The third-order valence-corrected chi connectivity index (χ3v) is 1.82. The van der Waals surface area contributed by atoms with Crippen LogP contribution in [0.5, 0.6) is 0 Å². The Hall–Kier alpha value is -1.70. The monoisotopic (exact) mass is 218 g/mol. The highest BCUT2D eigenvalue weighted by Crippen LogP contribution is 2.31. The number of aromatic nitrogens is 4. The number of imidazole rings is 1. The molecule has 2 rings (SSSR count). The van der Waals surface area contributed by atoms with Gasteiger partial charge in [-0.2, -0.15) is 13.2 Å². The summed E-state index contributed by atoms with van der Waals surface area (Å²) in [6, 6.07) is 0. The van der Waals surface area contributed by atoms with Crippen LogP contribution in [-0.2, 0) is 12.9 Å². The minimum atomic E-state index is -4.57. The molecule has 0 saturated heterocycles. The maximum atomic E-state index is 12.4. The fourth-order valence-corrected chi connectivity index (χ4v) is 1.19. The number of fused-ring (bicyclic) bond motifs is 1. The summed E-state index contributed by atoms with van der Waals surface area (Å²) in [6.45, 7) is -0.481. The molecule has 0 aromatic carbocycles. The number of halogens is 3. The van der Waals surface area contributed by atoms with E-state index in [1.165, 1.54) is 0 Å². The molecule has 0 amide bonds. The summed E-state index contributed by atoms with van der Waals surface area (Å²) in [5.74, 6) is 0. The van der Waals surface area contributed by atoms with Gasteiger partial charge in [-0.25, -0.2) is 15.0 Å². The van der Waals surface area contributed by atoms with Crippen molar-refractivity contribution in [3.63, 3.8) is 0 Å². The first kappa shape index (κ1) is 9.84. The third-order valence-electron chi connectivity index (χ3n) is 1.82. The van der Waals surface area contributed by atoms with Crippen molar-refractivity contribution in [3.8, 4) is 0 Å². The van der Waals surface area contributed by atoms with Crippen molar-refractivity contribution in [2.24, 2.45) is 0 Å². The second-order valence-electron chi connectivity index (χ2n) is 2.75. The Kier molecular flexibility index (Phi) is 2.07. The molecule has 2 aromatic heterocycles. The number of aliphatic hydroxyl groups excluding tert-OH is 1. The molecule has 8 heteroatoms. The highest BCUT2D eigenvalue weighted by molar-refractivity contribution is 5.73. The molecule has 1 N–H and O–H groups in total. The summed E-state index contributed by atoms with van der Waals surface area (Å²) >= 11 is 0. The Bertz CT molecular complexity index is 492. The number of alkyl halides is 3. The van der Waals surface area contributed by atoms with Crippen molar-refractivity contribution >= 4 is 11.2 Å². The molecule has 80 valence electrons. The fourth-order valence-electron chi connectivity index (χ4n) is 1.19. The average molecular weight is 218 g/mol. The van der Waals surface area contributed by atoms with Crippen LogP contribution in [0.3, 0.4) is 0 Å². The number of nitrogens with zero attached hydrogens (tertiary/aromatic N) is 4. The Labute approximate surface area is 81.2 Å². The first-order chi connectivity index (χ1) is 7.04. The lowest BCUT2D eigenvalue weighted by Gasteiger charge is -2.05. The fraction of sp³-hybridized carbons (Fsp3) is 0.286. The molecule has 0 aliphatic heterocycles. The van der Waals surface area contributed by atoms with Gasteiger partial charge in [-0.3, -0.25) is 4.57 Å². The molecule has 0 bridgehead atoms. The van der Waals surface area contributed by atoms with Gasteiger partial charge in [-0.1, -0.05) is 0 Å². The van der Waals surface area contributed by atoms with Gasteiger partial charge in [0.05, 0.1) is 6.33 Å². The summed E-state index contributed by atoms with van der Waals surface area (Å²) < 4.78 is 38.4. The summed E-state index contributed by atoms with van der Waals surface area (Å²) in [5, 5.41) is 8.80. The third kappa shape index (κ3) is 1.52. The van der Waals surface area contributed by atoms with Gasteiger partial charge in [0.1, 0.15) is 18.6 Å². The van der Waals surface area contributed by atoms with Crippen molar-refractivity contribution in [1.29, 1.82) is 0 Å². The molecule has 0 aliphatic rings. The zero-order valence-corrected chi connectivity index (χ0v) is 7.23. The number of aliphatic hydroxyl groups is 1. The molecule has 0 unspecified atom stereocenters. The van der Waals surface area contributed by atoms with E-state index in [0.29, 0.717) is 0 Å². The lowest BCUT2D eigenvalue weighted by molar-refractivity contribution is -0.140. The van der Waals surface area contributed by atoms with Gasteiger partial charge in [-0.05, 0) is 0 Å². The van der Waals surface area contributed by atoms with Gasteiger partial charge >= 0.3 is 6.18 Å². The van der Waals surface area contributed by atoms with E-state index in [4.69, 9.17) is 5.11 Å². The van der Waals surface area contributed by atoms with Crippen molar-refractivity contribution < 1.29 is 18.3 Å². The lowest BCUT2D eigenvalue weighted by Crippen LogP contribution is -2.09. The van der Waals surface area contributed by atoms with Crippen molar-refractivity contribution in [3.05, 3.63) is 18.3 Å². The van der Waals surface area contributed by atoms with Crippen LogP contribution < -0.4 is 0 Å². The molecule has 15 heavy (non-hydrogen) atoms. The highest BCUT2D eigenvalue weighted by Gasteiger charge is 2.36. The quantitative estimate of drug-likeness (QED) is 0.768. The molecule has 5 nitrogen and oxygen atoms in total. The normalized spacial score (nSPS) is 12.3. The van der Waals surface area contributed by atoms with Gasteiger partial charge in [0.25, 0.3) is 0 Å². The van der Waals surface area contributed by atoms with Crippen LogP contribution in [0.15, 0.2) is 12.7 Å². The number of hydrogen-bond acceptors (Lipinski definition) is 4. The Morgan fingerprint density at radius 2 is 2.00 bits per heavy atom. The topological polar surface area (TPSA) is 63.8 Å². The SMILES string of the molecule is OCn1cnc2c(C(F)(F)F)ncnc21. The van der Waals surface area contributed by atoms with Crippen molar-refractivity contribution in [2.45, 2.75) is 12.9 Å². The van der Waals surface area contributed by atoms with Gasteiger partial charge in [0, 0.05) is 0 Å². The van der Waals surface area contributed by atoms with E-state index < -0.39 is 18.6 Å². The Balaban J connectivity index is 2.73. The van der Waals surface area contributed by atoms with Crippen LogP contribution in [0.1, 0.15) is 5.69 Å². The average Bonchev–Trinajstić information content (AvgIpc) is 2.58. The predicted molar refractivity (Wildman–Crippen MR) is 42.5 cm³/mol. The van der Waals surface area contributed by atoms with E-state index in [-0.39, 0.29) is 11.2 Å². The lowest BCUT2D eigenvalue weighted by atomic mass is 10.3. The molecule has 2 aromatic rings. The molecular formula is C7H5F3N4O. The molecule has 0 radical (unpaired) electrons. The first-order valence-electron chi connectivity index (χ1n) is 3.88. The molecule has 0 aliphatic carbocycles. The van der Waals surface area contributed by atoms with Crippen molar-refractivity contribution in [2.75, 3.05) is 0 Å². The van der Waals surface area contributed by atoms with Gasteiger partial charge in [0.15, 0.2) is 11.3 Å². The molecular weight excluding hydrogens is 213 g/mol. The van der Waals surface area contributed by atoms with Crippen LogP contribution in [0.4, 0.5) is 13.2 Å². The Morgan fingerprint density at radius 3 is 2.60 bits per heavy atom. The maximum Gasteiger partial charge on any atom is 0.435 e. The standard InChI is InChI=1S/C7H5F3N4O/c8-7(9,10)5-4-6(12-1-11-5)14(3-15)2-13-4/h1-2,15H,3H2. The van der Waals surface area contributed by atoms with E-state index in [1.807, 2.05) is 0 Å². The summed E-state index contributed by atoms with van der Waals surface area (Å²) in [4.78, 5) is 10.3. The van der Waals surface area contributed by atoms with E-state index in [1.54, 1.807) is 0 Å². The molecule has 0 saturated carbocycles. The summed E-state index contributed by atoms with van der Waals surface area (Å²) in [5.41, 5.74) is -1.50. The van der Waals surface area contributed by atoms with E-state index in [2.05, 4.69) is 15.0 Å². The smallest absolute Gasteiger partial charge is 0.376 e. The van der Waals surface area contributed by atoms with Gasteiger partial charge < -0.3 is 5.11 Å². The van der Waals surface area contributed by atoms with E-state index >= 15 is 0 Å². The predicted octanol–water partition coefficient (Wildman–Crippen LogP) is 0.795. The van der Waals surface area contributed by atoms with Crippen LogP contribution >= 0.6 is 0 Å². The first-order valence-corrected chi connectivity index (χ1v) is 3.88. The molecule has 2 heterocycles. The van der Waals surface area contributed by atoms with Crippen LogP contribution in [-0.4, -0.2) is 24.6 Å².